The Bertz CT molecular complexity index is 634. The fourth-order valence-corrected chi connectivity index (χ4v) is 2.01. The molecular formula is C14H14FN3O2. The Kier molecular flexibility index (Phi) is 3.37. The van der Waals surface area contributed by atoms with Crippen molar-refractivity contribution in [3.63, 3.8) is 0 Å². The highest BCUT2D eigenvalue weighted by Crippen LogP contribution is 2.32. The highest BCUT2D eigenvalue weighted by atomic mass is 19.1. The first-order chi connectivity index (χ1) is 9.78. The van der Waals surface area contributed by atoms with Crippen molar-refractivity contribution >= 4 is 5.82 Å². The van der Waals surface area contributed by atoms with Crippen LogP contribution in [0, 0.1) is 5.82 Å². The lowest BCUT2D eigenvalue weighted by molar-refractivity contribution is 0.174. The normalized spacial score (nSPS) is 12.5. The van der Waals surface area contributed by atoms with Crippen molar-refractivity contribution in [1.82, 2.24) is 9.97 Å². The third-order valence-corrected chi connectivity index (χ3v) is 3.09. The van der Waals surface area contributed by atoms with E-state index in [1.807, 2.05) is 25.1 Å². The lowest BCUT2D eigenvalue weighted by atomic mass is 10.2. The van der Waals surface area contributed by atoms with Crippen molar-refractivity contribution in [2.24, 2.45) is 0 Å². The molecule has 0 saturated heterocycles. The number of nitrogens with zero attached hydrogens (tertiary/aromatic N) is 2. The number of aryl methyl sites for hydroxylation is 1. The van der Waals surface area contributed by atoms with Gasteiger partial charge in [-0.25, -0.2) is 14.4 Å². The second-order valence-electron chi connectivity index (χ2n) is 4.38. The first-order valence-electron chi connectivity index (χ1n) is 6.39. The SMILES string of the molecule is CCc1ncnc(NCc2ccc3c(c2)OCO3)c1F. The quantitative estimate of drug-likeness (QED) is 0.929. The van der Waals surface area contributed by atoms with Crippen LogP contribution in [0.1, 0.15) is 18.2 Å². The van der Waals surface area contributed by atoms with Gasteiger partial charge in [0.05, 0.1) is 5.69 Å². The van der Waals surface area contributed by atoms with Crippen LogP contribution >= 0.6 is 0 Å². The first kappa shape index (κ1) is 12.7. The van der Waals surface area contributed by atoms with E-state index in [9.17, 15) is 4.39 Å². The zero-order valence-electron chi connectivity index (χ0n) is 11.0. The summed E-state index contributed by atoms with van der Waals surface area (Å²) in [4.78, 5) is 7.82. The second kappa shape index (κ2) is 5.32. The molecule has 0 atom stereocenters. The fraction of sp³-hybridized carbons (Fsp3) is 0.286. The van der Waals surface area contributed by atoms with Gasteiger partial charge in [0.25, 0.3) is 0 Å². The summed E-state index contributed by atoms with van der Waals surface area (Å²) < 4.78 is 24.5. The molecule has 1 aromatic heterocycles. The molecule has 6 heteroatoms. The van der Waals surface area contributed by atoms with Gasteiger partial charge in [0.2, 0.25) is 6.79 Å². The van der Waals surface area contributed by atoms with Crippen LogP contribution in [0.2, 0.25) is 0 Å². The number of rotatable bonds is 4. The summed E-state index contributed by atoms with van der Waals surface area (Å²) in [6.45, 7) is 2.55. The number of ether oxygens (including phenoxy) is 2. The Morgan fingerprint density at radius 1 is 1.25 bits per heavy atom. The highest BCUT2D eigenvalue weighted by molar-refractivity contribution is 5.46. The second-order valence-corrected chi connectivity index (χ2v) is 4.38. The van der Waals surface area contributed by atoms with Gasteiger partial charge < -0.3 is 14.8 Å². The molecule has 1 aliphatic rings. The predicted octanol–water partition coefficient (Wildman–Crippen LogP) is 2.52. The monoisotopic (exact) mass is 275 g/mol. The van der Waals surface area contributed by atoms with Crippen LogP contribution in [0.4, 0.5) is 10.2 Å². The predicted molar refractivity (Wildman–Crippen MR) is 71.3 cm³/mol. The van der Waals surface area contributed by atoms with Crippen LogP contribution in [-0.2, 0) is 13.0 Å². The topological polar surface area (TPSA) is 56.3 Å². The van der Waals surface area contributed by atoms with Gasteiger partial charge in [-0.05, 0) is 24.1 Å². The molecule has 1 N–H and O–H groups in total. The van der Waals surface area contributed by atoms with E-state index in [4.69, 9.17) is 9.47 Å². The van der Waals surface area contributed by atoms with Crippen LogP contribution < -0.4 is 14.8 Å². The van der Waals surface area contributed by atoms with Gasteiger partial charge in [0, 0.05) is 6.54 Å². The molecule has 20 heavy (non-hydrogen) atoms. The maximum absolute atomic E-state index is 14.0. The van der Waals surface area contributed by atoms with Gasteiger partial charge in [0.1, 0.15) is 6.33 Å². The van der Waals surface area contributed by atoms with Crippen LogP contribution in [0.25, 0.3) is 0 Å². The number of fused-ring (bicyclic) bond motifs is 1. The average Bonchev–Trinajstić information content (AvgIpc) is 2.93. The van der Waals surface area contributed by atoms with E-state index < -0.39 is 5.82 Å². The van der Waals surface area contributed by atoms with Crippen molar-refractivity contribution < 1.29 is 13.9 Å². The number of benzene rings is 1. The largest absolute Gasteiger partial charge is 0.454 e. The minimum Gasteiger partial charge on any atom is -0.454 e. The van der Waals surface area contributed by atoms with Crippen LogP contribution in [0.3, 0.4) is 0 Å². The molecule has 0 unspecified atom stereocenters. The van der Waals surface area contributed by atoms with Crippen LogP contribution in [-0.4, -0.2) is 16.8 Å². The minimum atomic E-state index is -0.393. The van der Waals surface area contributed by atoms with Gasteiger partial charge in [-0.3, -0.25) is 0 Å². The zero-order chi connectivity index (χ0) is 13.9. The Morgan fingerprint density at radius 3 is 2.95 bits per heavy atom. The molecule has 0 saturated carbocycles. The van der Waals surface area contributed by atoms with E-state index in [1.54, 1.807) is 0 Å². The van der Waals surface area contributed by atoms with Crippen molar-refractivity contribution in [3.8, 4) is 11.5 Å². The standard InChI is InChI=1S/C14H14FN3O2/c1-2-10-13(15)14(18-7-17-10)16-6-9-3-4-11-12(5-9)20-8-19-11/h3-5,7H,2,6,8H2,1H3,(H,16,17,18). The molecule has 2 heterocycles. The summed E-state index contributed by atoms with van der Waals surface area (Å²) in [5, 5.41) is 2.97. The average molecular weight is 275 g/mol. The summed E-state index contributed by atoms with van der Waals surface area (Å²) in [5.41, 5.74) is 1.37. The van der Waals surface area contributed by atoms with Gasteiger partial charge in [0.15, 0.2) is 23.1 Å². The Morgan fingerprint density at radius 2 is 2.10 bits per heavy atom. The molecule has 0 fully saturated rings. The summed E-state index contributed by atoms with van der Waals surface area (Å²) >= 11 is 0. The Hall–Kier alpha value is -2.37. The number of anilines is 1. The fourth-order valence-electron chi connectivity index (χ4n) is 2.01. The van der Waals surface area contributed by atoms with E-state index in [1.165, 1.54) is 6.33 Å². The molecule has 3 rings (SSSR count). The van der Waals surface area contributed by atoms with Gasteiger partial charge in [-0.2, -0.15) is 0 Å². The molecule has 5 nitrogen and oxygen atoms in total. The molecule has 0 spiro atoms. The Balaban J connectivity index is 1.73. The number of hydrogen-bond donors (Lipinski definition) is 1. The molecule has 0 amide bonds. The van der Waals surface area contributed by atoms with Crippen LogP contribution in [0.5, 0.6) is 11.5 Å². The molecule has 104 valence electrons. The van der Waals surface area contributed by atoms with E-state index >= 15 is 0 Å². The first-order valence-corrected chi connectivity index (χ1v) is 6.39. The number of aromatic nitrogens is 2. The van der Waals surface area contributed by atoms with E-state index in [2.05, 4.69) is 15.3 Å². The molecule has 0 aliphatic carbocycles. The summed E-state index contributed by atoms with van der Waals surface area (Å²) in [6, 6.07) is 5.61. The highest BCUT2D eigenvalue weighted by Gasteiger charge is 2.14. The van der Waals surface area contributed by atoms with Gasteiger partial charge in [-0.1, -0.05) is 13.0 Å². The number of nitrogens with one attached hydrogen (secondary N) is 1. The van der Waals surface area contributed by atoms with E-state index in [-0.39, 0.29) is 12.6 Å². The summed E-state index contributed by atoms with van der Waals surface area (Å²) in [7, 11) is 0. The van der Waals surface area contributed by atoms with E-state index in [0.717, 1.165) is 11.3 Å². The smallest absolute Gasteiger partial charge is 0.231 e. The zero-order valence-corrected chi connectivity index (χ0v) is 11.0. The van der Waals surface area contributed by atoms with Gasteiger partial charge >= 0.3 is 0 Å². The maximum Gasteiger partial charge on any atom is 0.231 e. The molecule has 0 bridgehead atoms. The number of hydrogen-bond acceptors (Lipinski definition) is 5. The maximum atomic E-state index is 14.0. The molecular weight excluding hydrogens is 261 g/mol. The van der Waals surface area contributed by atoms with Crippen molar-refractivity contribution in [1.29, 1.82) is 0 Å². The third-order valence-electron chi connectivity index (χ3n) is 3.09. The molecule has 1 aromatic carbocycles. The minimum absolute atomic E-state index is 0.217. The molecule has 1 aliphatic heterocycles. The lowest BCUT2D eigenvalue weighted by Crippen LogP contribution is -2.06. The van der Waals surface area contributed by atoms with Gasteiger partial charge in [-0.15, -0.1) is 0 Å². The van der Waals surface area contributed by atoms with E-state index in [0.29, 0.717) is 24.4 Å². The molecule has 2 aromatic rings. The lowest BCUT2D eigenvalue weighted by Gasteiger charge is -2.08. The van der Waals surface area contributed by atoms with Crippen molar-refractivity contribution in [2.45, 2.75) is 19.9 Å². The third kappa shape index (κ3) is 2.36. The number of halogens is 1. The summed E-state index contributed by atoms with van der Waals surface area (Å²) in [5.74, 6) is 1.27. The van der Waals surface area contributed by atoms with Crippen molar-refractivity contribution in [2.75, 3.05) is 12.1 Å². The molecule has 0 radical (unpaired) electrons. The van der Waals surface area contributed by atoms with Crippen molar-refractivity contribution in [3.05, 3.63) is 41.6 Å². The Labute approximate surface area is 115 Å². The van der Waals surface area contributed by atoms with Crippen LogP contribution in [0.15, 0.2) is 24.5 Å². The summed E-state index contributed by atoms with van der Waals surface area (Å²) in [6.07, 6.45) is 1.90.